The highest BCUT2D eigenvalue weighted by Gasteiger charge is 2.26. The van der Waals surface area contributed by atoms with E-state index >= 15 is 0 Å². The van der Waals surface area contributed by atoms with Crippen molar-refractivity contribution in [1.29, 1.82) is 0 Å². The average Bonchev–Trinajstić information content (AvgIpc) is 2.92. The highest BCUT2D eigenvalue weighted by atomic mass is 32.2. The van der Waals surface area contributed by atoms with E-state index in [1.807, 2.05) is 31.2 Å². The van der Waals surface area contributed by atoms with Crippen LogP contribution in [0.2, 0.25) is 0 Å². The summed E-state index contributed by atoms with van der Waals surface area (Å²) in [5.41, 5.74) is 1.67. The minimum absolute atomic E-state index is 0.0488. The summed E-state index contributed by atoms with van der Waals surface area (Å²) in [5.74, 6) is 1.32. The molecule has 0 aliphatic heterocycles. The number of carbonyl (C=O) groups is 2. The molecule has 1 heterocycles. The smallest absolute Gasteiger partial charge is 0.341 e. The molecule has 0 spiro atoms. The summed E-state index contributed by atoms with van der Waals surface area (Å²) in [6.07, 6.45) is 6.43. The number of fused-ring (bicyclic) bond motifs is 1. The van der Waals surface area contributed by atoms with Crippen LogP contribution in [-0.4, -0.2) is 31.3 Å². The summed E-state index contributed by atoms with van der Waals surface area (Å²) in [6, 6.07) is 7.92. The molecular weight excluding hydrogens is 418 g/mol. The largest absolute Gasteiger partial charge is 0.497 e. The highest BCUT2D eigenvalue weighted by molar-refractivity contribution is 7.99. The van der Waals surface area contributed by atoms with Crippen molar-refractivity contribution in [2.75, 3.05) is 24.8 Å². The molecule has 5 nitrogen and oxygen atoms in total. The zero-order chi connectivity index (χ0) is 21.3. The van der Waals surface area contributed by atoms with E-state index in [9.17, 15) is 9.59 Å². The molecule has 3 rings (SSSR count). The molecular formula is C23H29NO4S2. The molecule has 0 fully saturated rings. The predicted octanol–water partition coefficient (Wildman–Crippen LogP) is 5.71. The molecule has 2 aromatic rings. The topological polar surface area (TPSA) is 64.6 Å². The number of thiophene rings is 1. The van der Waals surface area contributed by atoms with Gasteiger partial charge in [0.15, 0.2) is 0 Å². The van der Waals surface area contributed by atoms with Gasteiger partial charge in [0.2, 0.25) is 5.91 Å². The Bertz CT molecular complexity index is 861. The predicted molar refractivity (Wildman–Crippen MR) is 123 cm³/mol. The second-order valence-corrected chi connectivity index (χ2v) is 9.44. The maximum Gasteiger partial charge on any atom is 0.341 e. The van der Waals surface area contributed by atoms with Gasteiger partial charge in [0.05, 0.1) is 19.3 Å². The number of amides is 1. The number of methoxy groups -OCH3 is 1. The monoisotopic (exact) mass is 447 g/mol. The molecule has 7 heteroatoms. The summed E-state index contributed by atoms with van der Waals surface area (Å²) < 4.78 is 10.5. The summed E-state index contributed by atoms with van der Waals surface area (Å²) in [6.45, 7) is 2.14. The van der Waals surface area contributed by atoms with Gasteiger partial charge in [-0.1, -0.05) is 6.42 Å². The van der Waals surface area contributed by atoms with Crippen LogP contribution in [0.5, 0.6) is 5.75 Å². The lowest BCUT2D eigenvalue weighted by Gasteiger charge is -2.08. The number of hydrogen-bond acceptors (Lipinski definition) is 6. The Balaban J connectivity index is 1.56. The Hall–Kier alpha value is -1.99. The van der Waals surface area contributed by atoms with E-state index in [4.69, 9.17) is 9.47 Å². The van der Waals surface area contributed by atoms with Crippen LogP contribution in [0, 0.1) is 0 Å². The van der Waals surface area contributed by atoms with Gasteiger partial charge in [0, 0.05) is 16.2 Å². The molecule has 0 atom stereocenters. The number of ether oxygens (including phenoxy) is 2. The molecule has 0 unspecified atom stereocenters. The SMILES string of the molecule is CCOC(=O)c1c(NC(=O)CCCSc2ccc(OC)cc2)sc2c1CCCCC2. The van der Waals surface area contributed by atoms with Gasteiger partial charge >= 0.3 is 5.97 Å². The Morgan fingerprint density at radius 3 is 2.63 bits per heavy atom. The van der Waals surface area contributed by atoms with Gasteiger partial charge in [0.25, 0.3) is 0 Å². The number of aryl methyl sites for hydroxylation is 1. The molecule has 0 radical (unpaired) electrons. The van der Waals surface area contributed by atoms with Crippen molar-refractivity contribution in [1.82, 2.24) is 0 Å². The summed E-state index contributed by atoms with van der Waals surface area (Å²) in [7, 11) is 1.65. The molecule has 1 aromatic heterocycles. The van der Waals surface area contributed by atoms with Gasteiger partial charge in [-0.3, -0.25) is 4.79 Å². The number of esters is 1. The van der Waals surface area contributed by atoms with Crippen molar-refractivity contribution in [3.8, 4) is 5.75 Å². The van der Waals surface area contributed by atoms with Crippen molar-refractivity contribution in [3.05, 3.63) is 40.3 Å². The lowest BCUT2D eigenvalue weighted by molar-refractivity contribution is -0.116. The number of rotatable bonds is 9. The van der Waals surface area contributed by atoms with E-state index in [1.54, 1.807) is 30.2 Å². The molecule has 1 aliphatic rings. The molecule has 30 heavy (non-hydrogen) atoms. The fraction of sp³-hybridized carbons (Fsp3) is 0.478. The fourth-order valence-electron chi connectivity index (χ4n) is 3.53. The second kappa shape index (κ2) is 11.4. The molecule has 0 saturated carbocycles. The number of thioether (sulfide) groups is 1. The highest BCUT2D eigenvalue weighted by Crippen LogP contribution is 2.38. The molecule has 1 aromatic carbocycles. The van der Waals surface area contributed by atoms with Crippen LogP contribution < -0.4 is 10.1 Å². The first kappa shape index (κ1) is 22.7. The summed E-state index contributed by atoms with van der Waals surface area (Å²) in [4.78, 5) is 27.5. The van der Waals surface area contributed by atoms with Crippen LogP contribution in [0.3, 0.4) is 0 Å². The third-order valence-electron chi connectivity index (χ3n) is 5.03. The fourth-order valence-corrected chi connectivity index (χ4v) is 5.68. The maximum atomic E-state index is 12.6. The van der Waals surface area contributed by atoms with Crippen LogP contribution in [0.15, 0.2) is 29.2 Å². The number of carbonyl (C=O) groups excluding carboxylic acids is 2. The second-order valence-electron chi connectivity index (χ2n) is 7.16. The van der Waals surface area contributed by atoms with Crippen molar-refractivity contribution in [3.63, 3.8) is 0 Å². The van der Waals surface area contributed by atoms with Crippen LogP contribution in [0.4, 0.5) is 5.00 Å². The van der Waals surface area contributed by atoms with E-state index in [0.717, 1.165) is 54.1 Å². The maximum absolute atomic E-state index is 12.6. The number of nitrogens with one attached hydrogen (secondary N) is 1. The number of hydrogen-bond donors (Lipinski definition) is 1. The first-order chi connectivity index (χ1) is 14.6. The average molecular weight is 448 g/mol. The van der Waals surface area contributed by atoms with E-state index in [2.05, 4.69) is 5.32 Å². The minimum atomic E-state index is -0.317. The first-order valence-electron chi connectivity index (χ1n) is 10.5. The molecule has 0 bridgehead atoms. The Labute approximate surface area is 186 Å². The Morgan fingerprint density at radius 2 is 1.90 bits per heavy atom. The molecule has 0 saturated heterocycles. The minimum Gasteiger partial charge on any atom is -0.497 e. The van der Waals surface area contributed by atoms with E-state index in [1.165, 1.54) is 11.3 Å². The van der Waals surface area contributed by atoms with Gasteiger partial charge in [-0.2, -0.15) is 0 Å². The normalized spacial score (nSPS) is 13.3. The lowest BCUT2D eigenvalue weighted by Crippen LogP contribution is -2.15. The van der Waals surface area contributed by atoms with Gasteiger partial charge < -0.3 is 14.8 Å². The van der Waals surface area contributed by atoms with Gasteiger partial charge in [-0.15, -0.1) is 23.1 Å². The summed E-state index contributed by atoms with van der Waals surface area (Å²) in [5, 5.41) is 3.65. The van der Waals surface area contributed by atoms with E-state index in [0.29, 0.717) is 23.6 Å². The van der Waals surface area contributed by atoms with Gasteiger partial charge in [0.1, 0.15) is 10.8 Å². The zero-order valence-corrected chi connectivity index (χ0v) is 19.3. The van der Waals surface area contributed by atoms with E-state index < -0.39 is 0 Å². The Morgan fingerprint density at radius 1 is 1.13 bits per heavy atom. The first-order valence-corrected chi connectivity index (χ1v) is 12.3. The van der Waals surface area contributed by atoms with Gasteiger partial charge in [-0.25, -0.2) is 4.79 Å². The van der Waals surface area contributed by atoms with Crippen molar-refractivity contribution >= 4 is 40.0 Å². The molecule has 1 amide bonds. The lowest BCUT2D eigenvalue weighted by atomic mass is 10.1. The third-order valence-corrected chi connectivity index (χ3v) is 7.34. The third kappa shape index (κ3) is 6.01. The standard InChI is InChI=1S/C23H29NO4S2/c1-3-28-23(26)21-18-8-5-4-6-9-19(18)30-22(21)24-20(25)10-7-15-29-17-13-11-16(27-2)12-14-17/h11-14H,3-10,15H2,1-2H3,(H,24,25). The quantitative estimate of drug-likeness (QED) is 0.231. The van der Waals surface area contributed by atoms with E-state index in [-0.39, 0.29) is 11.9 Å². The van der Waals surface area contributed by atoms with Crippen LogP contribution in [0.25, 0.3) is 0 Å². The number of anilines is 1. The Kier molecular flexibility index (Phi) is 8.63. The summed E-state index contributed by atoms with van der Waals surface area (Å²) >= 11 is 3.27. The van der Waals surface area contributed by atoms with Crippen molar-refractivity contribution in [2.45, 2.75) is 56.8 Å². The van der Waals surface area contributed by atoms with Crippen LogP contribution in [0.1, 0.15) is 59.8 Å². The molecule has 162 valence electrons. The van der Waals surface area contributed by atoms with Gasteiger partial charge in [-0.05, 0) is 74.6 Å². The van der Waals surface area contributed by atoms with Crippen molar-refractivity contribution < 1.29 is 19.1 Å². The number of benzene rings is 1. The molecule has 1 N–H and O–H groups in total. The zero-order valence-electron chi connectivity index (χ0n) is 17.6. The van der Waals surface area contributed by atoms with Crippen LogP contribution >= 0.6 is 23.1 Å². The van der Waals surface area contributed by atoms with Crippen molar-refractivity contribution in [2.24, 2.45) is 0 Å². The van der Waals surface area contributed by atoms with Crippen LogP contribution in [-0.2, 0) is 22.4 Å². The molecule has 1 aliphatic carbocycles.